The van der Waals surface area contributed by atoms with Gasteiger partial charge in [0.25, 0.3) is 0 Å². The van der Waals surface area contributed by atoms with Crippen LogP contribution in [0.15, 0.2) is 24.3 Å². The fraction of sp³-hybridized carbons (Fsp3) is 0.500. The molecule has 0 aliphatic carbocycles. The first kappa shape index (κ1) is 20.4. The summed E-state index contributed by atoms with van der Waals surface area (Å²) in [6, 6.07) is 7.57. The molecule has 0 heterocycles. The summed E-state index contributed by atoms with van der Waals surface area (Å²) in [6.07, 6.45) is -0.722. The second-order valence-corrected chi connectivity index (χ2v) is 5.87. The summed E-state index contributed by atoms with van der Waals surface area (Å²) in [6.45, 7) is 2.79. The van der Waals surface area contributed by atoms with Crippen LogP contribution in [0.25, 0.3) is 0 Å². The van der Waals surface area contributed by atoms with Gasteiger partial charge in [0.1, 0.15) is 18.5 Å². The maximum absolute atomic E-state index is 11.6. The van der Waals surface area contributed by atoms with Crippen molar-refractivity contribution in [1.29, 1.82) is 0 Å². The molecular weight excluding hydrogens is 407 g/mol. The lowest BCUT2D eigenvalue weighted by Crippen LogP contribution is -2.40. The zero-order valence-electron chi connectivity index (χ0n) is 12.1. The number of halogens is 2. The Balaban J connectivity index is 0.00000400. The molecule has 5 nitrogen and oxygen atoms in total. The van der Waals surface area contributed by atoms with Crippen LogP contribution in [-0.2, 0) is 4.79 Å². The summed E-state index contributed by atoms with van der Waals surface area (Å²) in [5.41, 5.74) is 0. The molecule has 0 radical (unpaired) electrons. The highest BCUT2D eigenvalue weighted by Gasteiger charge is 2.13. The molecule has 2 atom stereocenters. The van der Waals surface area contributed by atoms with E-state index in [2.05, 4.69) is 33.2 Å². The molecule has 0 fully saturated rings. The molecule has 21 heavy (non-hydrogen) atoms. The van der Waals surface area contributed by atoms with Gasteiger partial charge in [-0.1, -0.05) is 6.92 Å². The van der Waals surface area contributed by atoms with E-state index >= 15 is 0 Å². The Labute approximate surface area is 145 Å². The van der Waals surface area contributed by atoms with Crippen LogP contribution in [0.5, 0.6) is 5.75 Å². The van der Waals surface area contributed by atoms with Crippen LogP contribution in [0.2, 0.25) is 0 Å². The highest BCUT2D eigenvalue weighted by atomic mass is 127. The Kier molecular flexibility index (Phi) is 10.8. The van der Waals surface area contributed by atoms with Crippen molar-refractivity contribution in [3.63, 3.8) is 0 Å². The second-order valence-electron chi connectivity index (χ2n) is 4.62. The molecule has 0 aliphatic rings. The van der Waals surface area contributed by atoms with E-state index in [1.807, 2.05) is 31.2 Å². The maximum atomic E-state index is 11.6. The Bertz CT molecular complexity index is 417. The first-order chi connectivity index (χ1) is 9.52. The van der Waals surface area contributed by atoms with Crippen molar-refractivity contribution in [3.05, 3.63) is 27.8 Å². The van der Waals surface area contributed by atoms with Gasteiger partial charge < -0.3 is 20.5 Å². The van der Waals surface area contributed by atoms with Crippen LogP contribution in [0, 0.1) is 9.49 Å². The van der Waals surface area contributed by atoms with E-state index in [0.717, 1.165) is 3.57 Å². The molecule has 0 aliphatic heterocycles. The minimum atomic E-state index is -0.722. The van der Waals surface area contributed by atoms with E-state index in [4.69, 9.17) is 4.74 Å². The summed E-state index contributed by atoms with van der Waals surface area (Å²) in [5.74, 6) is 0.510. The molecule has 120 valence electrons. The van der Waals surface area contributed by atoms with Gasteiger partial charge in [-0.25, -0.2) is 0 Å². The summed E-state index contributed by atoms with van der Waals surface area (Å²) >= 11 is 2.21. The van der Waals surface area contributed by atoms with Crippen LogP contribution in [0.3, 0.4) is 0 Å². The van der Waals surface area contributed by atoms with Gasteiger partial charge in [0.15, 0.2) is 0 Å². The van der Waals surface area contributed by atoms with E-state index in [1.54, 1.807) is 7.05 Å². The van der Waals surface area contributed by atoms with Gasteiger partial charge in [0.2, 0.25) is 5.91 Å². The third kappa shape index (κ3) is 8.45. The van der Waals surface area contributed by atoms with Crippen molar-refractivity contribution in [3.8, 4) is 5.75 Å². The Hall–Kier alpha value is -0.570. The van der Waals surface area contributed by atoms with Gasteiger partial charge in [0, 0.05) is 22.6 Å². The van der Waals surface area contributed by atoms with Gasteiger partial charge in [-0.05, 0) is 53.9 Å². The van der Waals surface area contributed by atoms with Crippen LogP contribution in [0.4, 0.5) is 0 Å². The second kappa shape index (κ2) is 11.1. The molecule has 0 saturated heterocycles. The normalized spacial score (nSPS) is 13.0. The zero-order chi connectivity index (χ0) is 15.0. The molecule has 0 aromatic heterocycles. The van der Waals surface area contributed by atoms with E-state index in [1.165, 1.54) is 0 Å². The number of aliphatic hydroxyl groups excluding tert-OH is 1. The van der Waals surface area contributed by atoms with Crippen molar-refractivity contribution in [1.82, 2.24) is 10.6 Å². The number of nitrogens with one attached hydrogen (secondary N) is 2. The summed E-state index contributed by atoms with van der Waals surface area (Å²) in [5, 5.41) is 15.4. The summed E-state index contributed by atoms with van der Waals surface area (Å²) in [7, 11) is 1.80. The number of carbonyl (C=O) groups excluding carboxylic acids is 1. The lowest BCUT2D eigenvalue weighted by Gasteiger charge is -2.15. The van der Waals surface area contributed by atoms with Crippen LogP contribution in [-0.4, -0.2) is 43.9 Å². The third-order valence-electron chi connectivity index (χ3n) is 2.73. The standard InChI is InChI=1S/C14H21IN2O3.ClH/c1-10(7-16-2)14(19)17-8-12(18)9-20-13-5-3-11(15)4-6-13;/h3-6,10,12,16,18H,7-9H2,1-2H3,(H,17,19);1H. The summed E-state index contributed by atoms with van der Waals surface area (Å²) < 4.78 is 6.57. The first-order valence-corrected chi connectivity index (χ1v) is 7.59. The highest BCUT2D eigenvalue weighted by molar-refractivity contribution is 14.1. The van der Waals surface area contributed by atoms with Crippen LogP contribution in [0.1, 0.15) is 6.92 Å². The van der Waals surface area contributed by atoms with Gasteiger partial charge >= 0.3 is 0 Å². The van der Waals surface area contributed by atoms with Crippen molar-refractivity contribution in [2.45, 2.75) is 13.0 Å². The fourth-order valence-electron chi connectivity index (χ4n) is 1.57. The number of ether oxygens (including phenoxy) is 1. The quantitative estimate of drug-likeness (QED) is 0.548. The number of aliphatic hydroxyl groups is 1. The predicted molar refractivity (Wildman–Crippen MR) is 94.0 cm³/mol. The number of amides is 1. The third-order valence-corrected chi connectivity index (χ3v) is 3.45. The van der Waals surface area contributed by atoms with Gasteiger partial charge in [0.05, 0.1) is 0 Å². The molecule has 1 aromatic carbocycles. The van der Waals surface area contributed by atoms with E-state index < -0.39 is 6.10 Å². The number of hydrogen-bond donors (Lipinski definition) is 3. The van der Waals surface area contributed by atoms with Gasteiger partial charge in [-0.2, -0.15) is 0 Å². The van der Waals surface area contributed by atoms with Crippen molar-refractivity contribution in [2.75, 3.05) is 26.7 Å². The molecule has 7 heteroatoms. The average molecular weight is 429 g/mol. The molecule has 2 unspecified atom stereocenters. The van der Waals surface area contributed by atoms with E-state index in [9.17, 15) is 9.90 Å². The minimum Gasteiger partial charge on any atom is -0.491 e. The Morgan fingerprint density at radius 1 is 1.33 bits per heavy atom. The molecule has 3 N–H and O–H groups in total. The molecular formula is C14H22ClIN2O3. The minimum absolute atomic E-state index is 0. The SMILES string of the molecule is CNCC(C)C(=O)NCC(O)COc1ccc(I)cc1.Cl. The van der Waals surface area contributed by atoms with Crippen LogP contribution < -0.4 is 15.4 Å². The van der Waals surface area contributed by atoms with Crippen molar-refractivity contribution in [2.24, 2.45) is 5.92 Å². The smallest absolute Gasteiger partial charge is 0.224 e. The topological polar surface area (TPSA) is 70.6 Å². The maximum Gasteiger partial charge on any atom is 0.224 e. The number of carbonyl (C=O) groups is 1. The molecule has 1 amide bonds. The summed E-state index contributed by atoms with van der Waals surface area (Å²) in [4.78, 5) is 11.6. The average Bonchev–Trinajstić information content (AvgIpc) is 2.44. The Morgan fingerprint density at radius 3 is 2.52 bits per heavy atom. The highest BCUT2D eigenvalue weighted by Crippen LogP contribution is 2.13. The fourth-order valence-corrected chi connectivity index (χ4v) is 1.93. The number of benzene rings is 1. The monoisotopic (exact) mass is 428 g/mol. The van der Waals surface area contributed by atoms with Crippen molar-refractivity contribution < 1.29 is 14.6 Å². The molecule has 1 rings (SSSR count). The largest absolute Gasteiger partial charge is 0.491 e. The molecule has 0 spiro atoms. The van der Waals surface area contributed by atoms with E-state index in [0.29, 0.717) is 12.3 Å². The zero-order valence-corrected chi connectivity index (χ0v) is 15.1. The van der Waals surface area contributed by atoms with Gasteiger partial charge in [-0.15, -0.1) is 12.4 Å². The van der Waals surface area contributed by atoms with Crippen LogP contribution >= 0.6 is 35.0 Å². The lowest BCUT2D eigenvalue weighted by molar-refractivity contribution is -0.124. The predicted octanol–water partition coefficient (Wildman–Crippen LogP) is 1.42. The molecule has 0 saturated carbocycles. The van der Waals surface area contributed by atoms with E-state index in [-0.39, 0.29) is 37.4 Å². The molecule has 0 bridgehead atoms. The molecule has 1 aromatic rings. The number of rotatable bonds is 8. The first-order valence-electron chi connectivity index (χ1n) is 6.51. The lowest BCUT2D eigenvalue weighted by atomic mass is 10.1. The van der Waals surface area contributed by atoms with Gasteiger partial charge in [-0.3, -0.25) is 4.79 Å². The number of hydrogen-bond acceptors (Lipinski definition) is 4. The Morgan fingerprint density at radius 2 is 1.95 bits per heavy atom. The van der Waals surface area contributed by atoms with Crippen molar-refractivity contribution >= 4 is 40.9 Å².